The average Bonchev–Trinajstić information content (AvgIpc) is 3.21. The summed E-state index contributed by atoms with van der Waals surface area (Å²) in [5.41, 5.74) is 3.64. The van der Waals surface area contributed by atoms with E-state index in [1.54, 1.807) is 7.05 Å². The third-order valence-corrected chi connectivity index (χ3v) is 4.94. The number of nitrogens with zero attached hydrogens (tertiary/aromatic N) is 2. The molecular formula is C16H20N2OS. The van der Waals surface area contributed by atoms with Gasteiger partial charge in [0, 0.05) is 7.05 Å². The van der Waals surface area contributed by atoms with Gasteiger partial charge in [-0.05, 0) is 41.9 Å². The van der Waals surface area contributed by atoms with Gasteiger partial charge in [-0.25, -0.2) is 0 Å². The molecule has 0 spiro atoms. The fraction of sp³-hybridized carbons (Fsp3) is 0.500. The Labute approximate surface area is 124 Å². The highest BCUT2D eigenvalue weighted by Gasteiger charge is 2.32. The first kappa shape index (κ1) is 13.7. The third-order valence-electron chi connectivity index (χ3n) is 3.92. The lowest BCUT2D eigenvalue weighted by Gasteiger charge is -2.22. The van der Waals surface area contributed by atoms with Gasteiger partial charge in [-0.15, -0.1) is 0 Å². The van der Waals surface area contributed by atoms with Crippen molar-refractivity contribution in [3.63, 3.8) is 0 Å². The third kappa shape index (κ3) is 2.37. The number of hydrogen-bond acceptors (Lipinski definition) is 3. The Morgan fingerprint density at radius 2 is 2.10 bits per heavy atom. The van der Waals surface area contributed by atoms with Crippen LogP contribution in [0.3, 0.4) is 0 Å². The number of rotatable bonds is 3. The lowest BCUT2D eigenvalue weighted by atomic mass is 9.97. The first-order valence-corrected chi connectivity index (χ1v) is 8.16. The predicted octanol–water partition coefficient (Wildman–Crippen LogP) is 3.75. The number of amidine groups is 1. The molecule has 1 saturated heterocycles. The number of anilines is 1. The van der Waals surface area contributed by atoms with Crippen LogP contribution in [-0.4, -0.2) is 23.9 Å². The van der Waals surface area contributed by atoms with Gasteiger partial charge in [0.05, 0.1) is 11.4 Å². The van der Waals surface area contributed by atoms with Gasteiger partial charge in [0.25, 0.3) is 0 Å². The second-order valence-corrected chi connectivity index (χ2v) is 6.71. The Morgan fingerprint density at radius 3 is 2.70 bits per heavy atom. The van der Waals surface area contributed by atoms with E-state index in [9.17, 15) is 4.79 Å². The average molecular weight is 288 g/mol. The van der Waals surface area contributed by atoms with E-state index in [-0.39, 0.29) is 5.91 Å². The molecule has 4 heteroatoms. The largest absolute Gasteiger partial charge is 0.273 e. The minimum atomic E-state index is 0.144. The van der Waals surface area contributed by atoms with Crippen LogP contribution < -0.4 is 4.90 Å². The second kappa shape index (κ2) is 5.24. The van der Waals surface area contributed by atoms with Crippen molar-refractivity contribution in [2.45, 2.75) is 38.5 Å². The van der Waals surface area contributed by atoms with Crippen molar-refractivity contribution in [3.05, 3.63) is 29.3 Å². The van der Waals surface area contributed by atoms with Crippen molar-refractivity contribution < 1.29 is 4.79 Å². The smallest absolute Gasteiger partial charge is 0.243 e. The molecule has 3 nitrogen and oxygen atoms in total. The lowest BCUT2D eigenvalue weighted by Crippen LogP contribution is -2.30. The van der Waals surface area contributed by atoms with Gasteiger partial charge >= 0.3 is 0 Å². The Bertz CT molecular complexity index is 576. The van der Waals surface area contributed by atoms with Crippen LogP contribution >= 0.6 is 11.8 Å². The van der Waals surface area contributed by atoms with E-state index in [1.165, 1.54) is 35.7 Å². The van der Waals surface area contributed by atoms with E-state index in [4.69, 9.17) is 0 Å². The first-order valence-electron chi connectivity index (χ1n) is 7.18. The molecule has 0 aromatic heterocycles. The summed E-state index contributed by atoms with van der Waals surface area (Å²) in [4.78, 5) is 18.3. The number of amides is 1. The molecule has 1 aromatic rings. The van der Waals surface area contributed by atoms with Gasteiger partial charge in [0.2, 0.25) is 5.91 Å². The summed E-state index contributed by atoms with van der Waals surface area (Å²) >= 11 is 1.53. The number of thioether (sulfide) groups is 1. The second-order valence-electron chi connectivity index (χ2n) is 5.77. The number of carbonyl (C=O) groups is 1. The fourth-order valence-corrected chi connectivity index (χ4v) is 3.52. The number of hydrogen-bond donors (Lipinski definition) is 0. The maximum Gasteiger partial charge on any atom is 0.243 e. The van der Waals surface area contributed by atoms with Crippen molar-refractivity contribution >= 4 is 28.5 Å². The fourth-order valence-electron chi connectivity index (χ4n) is 2.68. The summed E-state index contributed by atoms with van der Waals surface area (Å²) in [7, 11) is 1.76. The Balaban J connectivity index is 2.09. The highest BCUT2D eigenvalue weighted by Crippen LogP contribution is 2.43. The zero-order valence-electron chi connectivity index (χ0n) is 12.2. The molecule has 3 rings (SSSR count). The normalized spacial score (nSPS) is 21.3. The van der Waals surface area contributed by atoms with Gasteiger partial charge in [0.15, 0.2) is 5.17 Å². The van der Waals surface area contributed by atoms with Crippen LogP contribution in [0, 0.1) is 0 Å². The van der Waals surface area contributed by atoms with Crippen molar-refractivity contribution in [3.8, 4) is 0 Å². The summed E-state index contributed by atoms with van der Waals surface area (Å²) in [6.45, 7) is 4.35. The number of benzene rings is 1. The number of carbonyl (C=O) groups excluding carboxylic acids is 1. The number of aliphatic imine (C=N–C) groups is 1. The monoisotopic (exact) mass is 288 g/mol. The molecule has 0 radical (unpaired) electrons. The van der Waals surface area contributed by atoms with Crippen molar-refractivity contribution in [1.82, 2.24) is 0 Å². The minimum absolute atomic E-state index is 0.144. The highest BCUT2D eigenvalue weighted by atomic mass is 32.2. The van der Waals surface area contributed by atoms with Crippen LogP contribution in [0.5, 0.6) is 0 Å². The Kier molecular flexibility index (Phi) is 3.59. The maximum absolute atomic E-state index is 12.2. The van der Waals surface area contributed by atoms with Crippen molar-refractivity contribution in [2.75, 3.05) is 17.7 Å². The van der Waals surface area contributed by atoms with E-state index in [1.807, 2.05) is 4.90 Å². The van der Waals surface area contributed by atoms with Crippen LogP contribution in [0.4, 0.5) is 5.69 Å². The minimum Gasteiger partial charge on any atom is -0.273 e. The molecule has 1 heterocycles. The zero-order valence-corrected chi connectivity index (χ0v) is 13.0. The molecule has 2 fully saturated rings. The molecule has 1 aromatic carbocycles. The predicted molar refractivity (Wildman–Crippen MR) is 85.8 cm³/mol. The molecule has 1 aliphatic carbocycles. The molecule has 1 amide bonds. The summed E-state index contributed by atoms with van der Waals surface area (Å²) in [5.74, 6) is 1.74. The van der Waals surface area contributed by atoms with Gasteiger partial charge in [-0.1, -0.05) is 37.7 Å². The summed E-state index contributed by atoms with van der Waals surface area (Å²) < 4.78 is 0. The molecule has 1 saturated carbocycles. The highest BCUT2D eigenvalue weighted by molar-refractivity contribution is 8.15. The molecule has 0 N–H and O–H groups in total. The van der Waals surface area contributed by atoms with E-state index in [0.717, 1.165) is 10.9 Å². The lowest BCUT2D eigenvalue weighted by molar-refractivity contribution is -0.115. The molecular weight excluding hydrogens is 268 g/mol. The Hall–Kier alpha value is -1.29. The maximum atomic E-state index is 12.2. The van der Waals surface area contributed by atoms with Crippen LogP contribution in [0.25, 0.3) is 0 Å². The molecule has 0 atom stereocenters. The van der Waals surface area contributed by atoms with E-state index in [0.29, 0.717) is 17.6 Å². The van der Waals surface area contributed by atoms with Crippen LogP contribution in [0.1, 0.15) is 49.7 Å². The molecule has 106 valence electrons. The molecule has 20 heavy (non-hydrogen) atoms. The standard InChI is InChI=1S/C16H20N2OS/c1-10(2)13-7-6-12(11-4-5-11)8-14(13)18-15(19)9-20-16(18)17-3/h6-8,10-11H,4-5,9H2,1-3H3. The van der Waals surface area contributed by atoms with Gasteiger partial charge in [-0.2, -0.15) is 0 Å². The molecule has 1 aliphatic heterocycles. The molecule has 2 aliphatic rings. The first-order chi connectivity index (χ1) is 9.61. The van der Waals surface area contributed by atoms with Crippen LogP contribution in [0.15, 0.2) is 23.2 Å². The van der Waals surface area contributed by atoms with Gasteiger partial charge < -0.3 is 0 Å². The SMILES string of the molecule is CN=C1SCC(=O)N1c1cc(C2CC2)ccc1C(C)C. The summed E-state index contributed by atoms with van der Waals surface area (Å²) in [5, 5.41) is 0.824. The van der Waals surface area contributed by atoms with Gasteiger partial charge in [-0.3, -0.25) is 14.7 Å². The van der Waals surface area contributed by atoms with Gasteiger partial charge in [0.1, 0.15) is 0 Å². The Morgan fingerprint density at radius 1 is 1.35 bits per heavy atom. The zero-order chi connectivity index (χ0) is 14.3. The molecule has 0 bridgehead atoms. The van der Waals surface area contributed by atoms with Crippen molar-refractivity contribution in [1.29, 1.82) is 0 Å². The summed E-state index contributed by atoms with van der Waals surface area (Å²) in [6, 6.07) is 6.63. The van der Waals surface area contributed by atoms with E-state index in [2.05, 4.69) is 37.0 Å². The van der Waals surface area contributed by atoms with Crippen LogP contribution in [0.2, 0.25) is 0 Å². The van der Waals surface area contributed by atoms with Crippen LogP contribution in [-0.2, 0) is 4.79 Å². The topological polar surface area (TPSA) is 32.7 Å². The molecule has 0 unspecified atom stereocenters. The van der Waals surface area contributed by atoms with Crippen molar-refractivity contribution in [2.24, 2.45) is 4.99 Å². The van der Waals surface area contributed by atoms with E-state index >= 15 is 0 Å². The quantitative estimate of drug-likeness (QED) is 0.848. The summed E-state index contributed by atoms with van der Waals surface area (Å²) in [6.07, 6.45) is 2.55. The van der Waals surface area contributed by atoms with E-state index < -0.39 is 0 Å².